The van der Waals surface area contributed by atoms with Crippen LogP contribution in [0.15, 0.2) is 24.3 Å². The van der Waals surface area contributed by atoms with Gasteiger partial charge in [0.1, 0.15) is 12.4 Å². The fourth-order valence-electron chi connectivity index (χ4n) is 2.43. The molecule has 2 rings (SSSR count). The van der Waals surface area contributed by atoms with Crippen molar-refractivity contribution in [3.05, 3.63) is 29.3 Å². The zero-order valence-corrected chi connectivity index (χ0v) is 12.3. The van der Waals surface area contributed by atoms with E-state index in [1.807, 2.05) is 24.3 Å². The van der Waals surface area contributed by atoms with Gasteiger partial charge >= 0.3 is 0 Å². The second kappa shape index (κ2) is 7.73. The molecule has 0 spiro atoms. The molecule has 1 aromatic carbocycles. The highest BCUT2D eigenvalue weighted by molar-refractivity contribution is 6.30. The van der Waals surface area contributed by atoms with Crippen LogP contribution in [0.2, 0.25) is 5.02 Å². The molecule has 1 aliphatic heterocycles. The average molecular weight is 283 g/mol. The Hall–Kier alpha value is -0.770. The predicted octanol–water partition coefficient (Wildman–Crippen LogP) is 2.79. The molecule has 3 nitrogen and oxygen atoms in total. The van der Waals surface area contributed by atoms with Gasteiger partial charge in [-0.1, -0.05) is 18.5 Å². The highest BCUT2D eigenvalue weighted by Crippen LogP contribution is 2.15. The number of hydrogen-bond donors (Lipinski definition) is 1. The number of likely N-dealkylation sites (N-methyl/N-ethyl adjacent to an activating group) is 1. The minimum Gasteiger partial charge on any atom is -0.492 e. The van der Waals surface area contributed by atoms with E-state index >= 15 is 0 Å². The van der Waals surface area contributed by atoms with Gasteiger partial charge in [-0.3, -0.25) is 4.90 Å². The summed E-state index contributed by atoms with van der Waals surface area (Å²) in [7, 11) is 0. The summed E-state index contributed by atoms with van der Waals surface area (Å²) in [5.74, 6) is 0.888. The van der Waals surface area contributed by atoms with Crippen molar-refractivity contribution in [2.24, 2.45) is 0 Å². The van der Waals surface area contributed by atoms with Crippen molar-refractivity contribution in [1.29, 1.82) is 0 Å². The van der Waals surface area contributed by atoms with E-state index in [0.29, 0.717) is 6.04 Å². The van der Waals surface area contributed by atoms with Gasteiger partial charge in [0, 0.05) is 24.2 Å². The van der Waals surface area contributed by atoms with E-state index in [2.05, 4.69) is 17.1 Å². The minimum absolute atomic E-state index is 0.662. The van der Waals surface area contributed by atoms with Crippen LogP contribution in [0.25, 0.3) is 0 Å². The van der Waals surface area contributed by atoms with Crippen molar-refractivity contribution in [2.45, 2.75) is 25.8 Å². The first-order valence-electron chi connectivity index (χ1n) is 7.12. The molecule has 0 amide bonds. The van der Waals surface area contributed by atoms with E-state index in [9.17, 15) is 0 Å². The van der Waals surface area contributed by atoms with E-state index < -0.39 is 0 Å². The summed E-state index contributed by atoms with van der Waals surface area (Å²) in [4.78, 5) is 2.44. The number of nitrogens with one attached hydrogen (secondary N) is 1. The lowest BCUT2D eigenvalue weighted by Crippen LogP contribution is -2.39. The molecule has 1 heterocycles. The SMILES string of the molecule is CCN(CCOc1ccc(Cl)cc1)CC1CCCN1. The summed E-state index contributed by atoms with van der Waals surface area (Å²) in [5, 5.41) is 4.28. The maximum atomic E-state index is 5.84. The number of hydrogen-bond acceptors (Lipinski definition) is 3. The van der Waals surface area contributed by atoms with Crippen LogP contribution in [0.4, 0.5) is 0 Å². The summed E-state index contributed by atoms with van der Waals surface area (Å²) in [6.07, 6.45) is 2.61. The zero-order valence-electron chi connectivity index (χ0n) is 11.6. The molecule has 1 unspecified atom stereocenters. The standard InChI is InChI=1S/C15H23ClN2O/c1-2-18(12-14-4-3-9-17-14)10-11-19-15-7-5-13(16)6-8-15/h5-8,14,17H,2-4,9-12H2,1H3. The molecule has 4 heteroatoms. The van der Waals surface area contributed by atoms with Gasteiger partial charge in [-0.2, -0.15) is 0 Å². The van der Waals surface area contributed by atoms with Crippen molar-refractivity contribution in [1.82, 2.24) is 10.2 Å². The third-order valence-electron chi connectivity index (χ3n) is 3.58. The Labute approximate surface area is 120 Å². The smallest absolute Gasteiger partial charge is 0.119 e. The van der Waals surface area contributed by atoms with Gasteiger partial charge in [0.05, 0.1) is 0 Å². The zero-order chi connectivity index (χ0) is 13.5. The maximum absolute atomic E-state index is 5.84. The van der Waals surface area contributed by atoms with Crippen LogP contribution in [0.1, 0.15) is 19.8 Å². The van der Waals surface area contributed by atoms with Crippen molar-refractivity contribution >= 4 is 11.6 Å². The first-order valence-corrected chi connectivity index (χ1v) is 7.50. The van der Waals surface area contributed by atoms with E-state index in [0.717, 1.165) is 37.0 Å². The molecule has 0 aliphatic carbocycles. The molecule has 1 atom stereocenters. The van der Waals surface area contributed by atoms with Crippen LogP contribution in [0, 0.1) is 0 Å². The lowest BCUT2D eigenvalue weighted by Gasteiger charge is -2.24. The Kier molecular flexibility index (Phi) is 5.95. The van der Waals surface area contributed by atoms with Gasteiger partial charge in [0.25, 0.3) is 0 Å². The third kappa shape index (κ3) is 5.01. The quantitative estimate of drug-likeness (QED) is 0.832. The summed E-state index contributed by atoms with van der Waals surface area (Å²) in [5.41, 5.74) is 0. The minimum atomic E-state index is 0.662. The number of benzene rings is 1. The number of nitrogens with zero attached hydrogens (tertiary/aromatic N) is 1. The molecule has 1 N–H and O–H groups in total. The summed E-state index contributed by atoms with van der Waals surface area (Å²) in [6, 6.07) is 8.21. The highest BCUT2D eigenvalue weighted by Gasteiger charge is 2.16. The van der Waals surface area contributed by atoms with Crippen molar-refractivity contribution in [3.63, 3.8) is 0 Å². The van der Waals surface area contributed by atoms with Gasteiger partial charge in [0.2, 0.25) is 0 Å². The van der Waals surface area contributed by atoms with Crippen LogP contribution < -0.4 is 10.1 Å². The molecule has 0 saturated carbocycles. The van der Waals surface area contributed by atoms with Gasteiger partial charge in [-0.15, -0.1) is 0 Å². The fourth-order valence-corrected chi connectivity index (χ4v) is 2.55. The Morgan fingerprint density at radius 1 is 1.37 bits per heavy atom. The van der Waals surface area contributed by atoms with E-state index in [-0.39, 0.29) is 0 Å². The molecule has 0 radical (unpaired) electrons. The predicted molar refractivity (Wildman–Crippen MR) is 80.1 cm³/mol. The molecule has 1 fully saturated rings. The molecular weight excluding hydrogens is 260 g/mol. The Morgan fingerprint density at radius 3 is 2.79 bits per heavy atom. The third-order valence-corrected chi connectivity index (χ3v) is 3.83. The van der Waals surface area contributed by atoms with Gasteiger partial charge in [-0.05, 0) is 50.2 Å². The van der Waals surface area contributed by atoms with Crippen LogP contribution in [-0.2, 0) is 0 Å². The van der Waals surface area contributed by atoms with E-state index in [4.69, 9.17) is 16.3 Å². The van der Waals surface area contributed by atoms with Crippen LogP contribution in [-0.4, -0.2) is 43.7 Å². The molecule has 1 aliphatic rings. The van der Waals surface area contributed by atoms with Gasteiger partial charge in [-0.25, -0.2) is 0 Å². The molecule has 1 saturated heterocycles. The fraction of sp³-hybridized carbons (Fsp3) is 0.600. The molecule has 0 aromatic heterocycles. The Morgan fingerprint density at radius 2 is 2.16 bits per heavy atom. The summed E-state index contributed by atoms with van der Waals surface area (Å²) in [6.45, 7) is 7.27. The Bertz CT molecular complexity index is 363. The molecule has 106 valence electrons. The van der Waals surface area contributed by atoms with E-state index in [1.165, 1.54) is 19.4 Å². The number of rotatable bonds is 7. The Balaban J connectivity index is 1.69. The first kappa shape index (κ1) is 14.6. The second-order valence-corrected chi connectivity index (χ2v) is 5.43. The largest absolute Gasteiger partial charge is 0.492 e. The van der Waals surface area contributed by atoms with Gasteiger partial charge in [0.15, 0.2) is 0 Å². The second-order valence-electron chi connectivity index (χ2n) is 4.99. The molecule has 1 aromatic rings. The molecule has 0 bridgehead atoms. The van der Waals surface area contributed by atoms with Crippen LogP contribution in [0.3, 0.4) is 0 Å². The topological polar surface area (TPSA) is 24.5 Å². The summed E-state index contributed by atoms with van der Waals surface area (Å²) < 4.78 is 5.74. The first-order chi connectivity index (χ1) is 9.28. The lowest BCUT2D eigenvalue weighted by atomic mass is 10.2. The van der Waals surface area contributed by atoms with Crippen molar-refractivity contribution in [3.8, 4) is 5.75 Å². The number of ether oxygens (including phenoxy) is 1. The van der Waals surface area contributed by atoms with Crippen LogP contribution in [0.5, 0.6) is 5.75 Å². The lowest BCUT2D eigenvalue weighted by molar-refractivity contribution is 0.203. The van der Waals surface area contributed by atoms with Crippen molar-refractivity contribution < 1.29 is 4.74 Å². The normalized spacial score (nSPS) is 19.0. The maximum Gasteiger partial charge on any atom is 0.119 e. The van der Waals surface area contributed by atoms with Crippen LogP contribution >= 0.6 is 11.6 Å². The average Bonchev–Trinajstić information content (AvgIpc) is 2.93. The van der Waals surface area contributed by atoms with Crippen molar-refractivity contribution in [2.75, 3.05) is 32.8 Å². The number of halogens is 1. The monoisotopic (exact) mass is 282 g/mol. The molecular formula is C15H23ClN2O. The van der Waals surface area contributed by atoms with Gasteiger partial charge < -0.3 is 10.1 Å². The summed E-state index contributed by atoms with van der Waals surface area (Å²) >= 11 is 5.84. The highest BCUT2D eigenvalue weighted by atomic mass is 35.5. The molecule has 19 heavy (non-hydrogen) atoms. The van der Waals surface area contributed by atoms with E-state index in [1.54, 1.807) is 0 Å².